The standard InChI is InChI=1S/C33H45NO7/c1-5-34-17-31(18-38-2)14-13-23(40-4)33-21-15-20-22(39-3)16-32(37,26(30(33)34)27(36)29(31)33)25(21)28(20)41-24(35)12-11-19-9-7-6-8-10-19/h6-12,20-23,25-30,36-37H,5,13-18H2,1-4H3. The first-order valence-corrected chi connectivity index (χ1v) is 15.4. The van der Waals surface area contributed by atoms with Crippen molar-refractivity contribution in [3.8, 4) is 0 Å². The number of hydrogen-bond acceptors (Lipinski definition) is 8. The predicted octanol–water partition coefficient (Wildman–Crippen LogP) is 2.77. The Morgan fingerprint density at radius 2 is 1.93 bits per heavy atom. The third-order valence-corrected chi connectivity index (χ3v) is 12.6. The maximum Gasteiger partial charge on any atom is 0.331 e. The van der Waals surface area contributed by atoms with Gasteiger partial charge >= 0.3 is 5.97 Å². The van der Waals surface area contributed by atoms with Crippen LogP contribution in [0.2, 0.25) is 0 Å². The maximum atomic E-state index is 13.3. The topological polar surface area (TPSA) is 97.7 Å². The van der Waals surface area contributed by atoms with Gasteiger partial charge in [-0.15, -0.1) is 0 Å². The van der Waals surface area contributed by atoms with Gasteiger partial charge in [0.15, 0.2) is 0 Å². The number of fused-ring (bicyclic) bond motifs is 2. The molecule has 224 valence electrons. The van der Waals surface area contributed by atoms with Gasteiger partial charge in [-0.1, -0.05) is 37.3 Å². The molecule has 13 atom stereocenters. The van der Waals surface area contributed by atoms with E-state index in [0.717, 1.165) is 37.9 Å². The summed E-state index contributed by atoms with van der Waals surface area (Å²) >= 11 is 0. The van der Waals surface area contributed by atoms with E-state index in [2.05, 4.69) is 11.8 Å². The summed E-state index contributed by atoms with van der Waals surface area (Å²) in [6, 6.07) is 9.68. The van der Waals surface area contributed by atoms with Crippen LogP contribution in [0, 0.1) is 40.4 Å². The van der Waals surface area contributed by atoms with Gasteiger partial charge in [-0.05, 0) is 43.4 Å². The maximum absolute atomic E-state index is 13.3. The number of piperidine rings is 1. The van der Waals surface area contributed by atoms with E-state index in [1.54, 1.807) is 27.4 Å². The molecule has 6 fully saturated rings. The van der Waals surface area contributed by atoms with Crippen LogP contribution in [0.1, 0.15) is 38.2 Å². The van der Waals surface area contributed by atoms with Gasteiger partial charge in [-0.2, -0.15) is 0 Å². The minimum atomic E-state index is -1.23. The van der Waals surface area contributed by atoms with Gasteiger partial charge in [0, 0.05) is 80.9 Å². The Kier molecular flexibility index (Phi) is 6.73. The molecular weight excluding hydrogens is 522 g/mol. The van der Waals surface area contributed by atoms with Gasteiger partial charge in [0.25, 0.3) is 0 Å². The number of likely N-dealkylation sites (tertiary alicyclic amines) is 1. The molecule has 2 N–H and O–H groups in total. The summed E-state index contributed by atoms with van der Waals surface area (Å²) in [6.07, 6.45) is 4.78. The van der Waals surface area contributed by atoms with Crippen LogP contribution in [-0.2, 0) is 23.7 Å². The van der Waals surface area contributed by atoms with Crippen LogP contribution in [0.15, 0.2) is 36.4 Å². The van der Waals surface area contributed by atoms with Crippen molar-refractivity contribution < 1.29 is 34.0 Å². The van der Waals surface area contributed by atoms with Crippen LogP contribution in [0.25, 0.3) is 6.08 Å². The number of methoxy groups -OCH3 is 3. The molecule has 5 saturated carbocycles. The number of nitrogens with zero attached hydrogens (tertiary/aromatic N) is 1. The van der Waals surface area contributed by atoms with E-state index >= 15 is 0 Å². The minimum absolute atomic E-state index is 0.0161. The zero-order valence-corrected chi connectivity index (χ0v) is 24.6. The fraction of sp³-hybridized carbons (Fsp3) is 0.727. The van der Waals surface area contributed by atoms with Crippen molar-refractivity contribution >= 4 is 12.0 Å². The van der Waals surface area contributed by atoms with Crippen molar-refractivity contribution in [2.75, 3.05) is 41.0 Å². The number of aliphatic hydroxyl groups is 2. The molecule has 13 unspecified atom stereocenters. The quantitative estimate of drug-likeness (QED) is 0.366. The van der Waals surface area contributed by atoms with Crippen LogP contribution < -0.4 is 0 Å². The highest BCUT2D eigenvalue weighted by Gasteiger charge is 2.86. The number of aliphatic hydroxyl groups excluding tert-OH is 1. The minimum Gasteiger partial charge on any atom is -0.458 e. The van der Waals surface area contributed by atoms with E-state index in [1.165, 1.54) is 6.08 Å². The van der Waals surface area contributed by atoms with Crippen molar-refractivity contribution in [3.63, 3.8) is 0 Å². The largest absolute Gasteiger partial charge is 0.458 e. The first-order chi connectivity index (χ1) is 19.8. The van der Waals surface area contributed by atoms with E-state index in [1.807, 2.05) is 30.3 Å². The van der Waals surface area contributed by atoms with Crippen molar-refractivity contribution in [1.82, 2.24) is 4.90 Å². The molecule has 8 heteroatoms. The van der Waals surface area contributed by atoms with E-state index in [4.69, 9.17) is 18.9 Å². The molecule has 7 rings (SSSR count). The highest BCUT2D eigenvalue weighted by Crippen LogP contribution is 2.79. The number of benzene rings is 1. The van der Waals surface area contributed by atoms with Gasteiger partial charge < -0.3 is 29.2 Å². The monoisotopic (exact) mass is 567 g/mol. The van der Waals surface area contributed by atoms with E-state index in [0.29, 0.717) is 13.0 Å². The normalized spacial score (nSPS) is 49.4. The molecule has 5 aliphatic carbocycles. The van der Waals surface area contributed by atoms with E-state index in [9.17, 15) is 15.0 Å². The zero-order valence-electron chi connectivity index (χ0n) is 24.6. The molecule has 1 aromatic rings. The SMILES string of the molecule is CCN1CC2(COC)CCC(OC)C34C5CC6C(OC)CC(O)(C5C6OC(=O)C=Cc5ccccc5)C(C(O)C23)C14. The number of esters is 1. The van der Waals surface area contributed by atoms with Gasteiger partial charge in [0.2, 0.25) is 0 Å². The smallest absolute Gasteiger partial charge is 0.331 e. The molecule has 1 spiro atoms. The molecule has 1 aromatic carbocycles. The molecule has 1 saturated heterocycles. The number of rotatable bonds is 8. The second-order valence-corrected chi connectivity index (χ2v) is 13.7. The van der Waals surface area contributed by atoms with Crippen LogP contribution >= 0.6 is 0 Å². The third-order valence-electron chi connectivity index (χ3n) is 12.6. The van der Waals surface area contributed by atoms with E-state index < -0.39 is 23.8 Å². The fourth-order valence-corrected chi connectivity index (χ4v) is 11.8. The number of carbonyl (C=O) groups is 1. The molecule has 41 heavy (non-hydrogen) atoms. The molecule has 7 bridgehead atoms. The molecule has 1 heterocycles. The van der Waals surface area contributed by atoms with Gasteiger partial charge in [0.05, 0.1) is 30.5 Å². The van der Waals surface area contributed by atoms with Crippen LogP contribution in [0.5, 0.6) is 0 Å². The Labute approximate surface area is 243 Å². The summed E-state index contributed by atoms with van der Waals surface area (Å²) < 4.78 is 24.6. The lowest BCUT2D eigenvalue weighted by Gasteiger charge is -2.69. The average Bonchev–Trinajstić information content (AvgIpc) is 3.39. The number of carbonyl (C=O) groups excluding carboxylic acids is 1. The first-order valence-electron chi connectivity index (χ1n) is 15.4. The highest BCUT2D eigenvalue weighted by molar-refractivity contribution is 5.87. The lowest BCUT2D eigenvalue weighted by atomic mass is 9.43. The lowest BCUT2D eigenvalue weighted by molar-refractivity contribution is -0.277. The third kappa shape index (κ3) is 3.52. The molecular formula is C33H45NO7. The predicted molar refractivity (Wildman–Crippen MR) is 152 cm³/mol. The summed E-state index contributed by atoms with van der Waals surface area (Å²) in [7, 11) is 5.26. The molecule has 6 aliphatic rings. The van der Waals surface area contributed by atoms with Crippen LogP contribution in [0.3, 0.4) is 0 Å². The highest BCUT2D eigenvalue weighted by atomic mass is 16.5. The molecule has 0 amide bonds. The fourth-order valence-electron chi connectivity index (χ4n) is 11.8. The van der Waals surface area contributed by atoms with Crippen molar-refractivity contribution in [2.45, 2.75) is 68.7 Å². The van der Waals surface area contributed by atoms with Gasteiger partial charge in [0.1, 0.15) is 6.10 Å². The van der Waals surface area contributed by atoms with E-state index in [-0.39, 0.29) is 58.7 Å². The van der Waals surface area contributed by atoms with Crippen molar-refractivity contribution in [2.24, 2.45) is 40.4 Å². The Bertz CT molecular complexity index is 1190. The van der Waals surface area contributed by atoms with Gasteiger partial charge in [-0.25, -0.2) is 4.79 Å². The van der Waals surface area contributed by atoms with Crippen LogP contribution in [-0.4, -0.2) is 98.2 Å². The van der Waals surface area contributed by atoms with Crippen LogP contribution in [0.4, 0.5) is 0 Å². The first kappa shape index (κ1) is 28.0. The molecule has 1 aliphatic heterocycles. The second-order valence-electron chi connectivity index (χ2n) is 13.7. The summed E-state index contributed by atoms with van der Waals surface area (Å²) in [5, 5.41) is 25.3. The number of hydrogen-bond donors (Lipinski definition) is 2. The summed E-state index contributed by atoms with van der Waals surface area (Å²) in [5.74, 6) is -1.14. The summed E-state index contributed by atoms with van der Waals surface area (Å²) in [4.78, 5) is 15.8. The average molecular weight is 568 g/mol. The van der Waals surface area contributed by atoms with Gasteiger partial charge in [-0.3, -0.25) is 4.90 Å². The Morgan fingerprint density at radius 3 is 2.61 bits per heavy atom. The van der Waals surface area contributed by atoms with Crippen molar-refractivity contribution in [1.29, 1.82) is 0 Å². The Hall–Kier alpha value is -1.81. The summed E-state index contributed by atoms with van der Waals surface area (Å²) in [5.41, 5.74) is -0.895. The molecule has 0 aromatic heterocycles. The van der Waals surface area contributed by atoms with Crippen molar-refractivity contribution in [3.05, 3.63) is 42.0 Å². The Balaban J connectivity index is 1.34. The molecule has 8 nitrogen and oxygen atoms in total. The summed E-state index contributed by atoms with van der Waals surface area (Å²) in [6.45, 7) is 4.44. The lowest BCUT2D eigenvalue weighted by Crippen LogP contribution is -2.76. The second kappa shape index (κ2) is 9.86. The Morgan fingerprint density at radius 1 is 1.15 bits per heavy atom. The molecule has 0 radical (unpaired) electrons. The number of ether oxygens (including phenoxy) is 4. The zero-order chi connectivity index (χ0) is 28.7.